The first-order valence-electron chi connectivity index (χ1n) is 7.47. The summed E-state index contributed by atoms with van der Waals surface area (Å²) in [6.07, 6.45) is 0.788. The number of carbonyl (C=O) groups excluding carboxylic acids is 1. The summed E-state index contributed by atoms with van der Waals surface area (Å²) in [5.74, 6) is 0.000584. The van der Waals surface area contributed by atoms with Crippen LogP contribution in [0.1, 0.15) is 38.8 Å². The number of nitrogens with one attached hydrogen (secondary N) is 3. The van der Waals surface area contributed by atoms with E-state index in [0.29, 0.717) is 6.54 Å². The Morgan fingerprint density at radius 3 is 2.57 bits per heavy atom. The molecule has 1 aromatic carbocycles. The summed E-state index contributed by atoms with van der Waals surface area (Å²) in [6.45, 7) is 6.94. The summed E-state index contributed by atoms with van der Waals surface area (Å²) in [5, 5.41) is 2.93. The lowest BCUT2D eigenvalue weighted by molar-refractivity contribution is -0.122. The van der Waals surface area contributed by atoms with Gasteiger partial charge in [-0.05, 0) is 17.4 Å². The van der Waals surface area contributed by atoms with Crippen molar-refractivity contribution in [2.45, 2.75) is 45.3 Å². The molecular weight excluding hydrogens is 264 g/mol. The molecule has 1 amide bonds. The average molecular weight is 290 g/mol. The van der Waals surface area contributed by atoms with Gasteiger partial charge in [0.25, 0.3) is 0 Å². The lowest BCUT2D eigenvalue weighted by atomic mass is 9.84. The molecular formula is C16H26N4O. The molecule has 0 aliphatic carbocycles. The topological polar surface area (TPSA) is 79.2 Å². The van der Waals surface area contributed by atoms with Crippen molar-refractivity contribution in [1.82, 2.24) is 16.2 Å². The van der Waals surface area contributed by atoms with Crippen molar-refractivity contribution in [3.05, 3.63) is 35.9 Å². The third kappa shape index (κ3) is 4.27. The van der Waals surface area contributed by atoms with Crippen molar-refractivity contribution in [1.29, 1.82) is 0 Å². The second-order valence-corrected chi connectivity index (χ2v) is 6.76. The molecule has 1 saturated heterocycles. The van der Waals surface area contributed by atoms with Gasteiger partial charge in [-0.15, -0.1) is 0 Å². The zero-order valence-electron chi connectivity index (χ0n) is 13.0. The van der Waals surface area contributed by atoms with E-state index in [0.717, 1.165) is 12.0 Å². The van der Waals surface area contributed by atoms with Crippen molar-refractivity contribution in [2.24, 2.45) is 11.1 Å². The van der Waals surface area contributed by atoms with Crippen LogP contribution in [0.15, 0.2) is 30.3 Å². The molecule has 0 saturated carbocycles. The third-order valence-electron chi connectivity index (χ3n) is 3.99. The van der Waals surface area contributed by atoms with Crippen LogP contribution in [-0.2, 0) is 4.79 Å². The smallest absolute Gasteiger partial charge is 0.238 e. The number of carbonyl (C=O) groups is 1. The van der Waals surface area contributed by atoms with Crippen LogP contribution >= 0.6 is 0 Å². The molecule has 3 unspecified atom stereocenters. The molecule has 5 nitrogen and oxygen atoms in total. The molecule has 3 atom stereocenters. The summed E-state index contributed by atoms with van der Waals surface area (Å²) >= 11 is 0. The molecule has 2 rings (SSSR count). The maximum Gasteiger partial charge on any atom is 0.238 e. The maximum atomic E-state index is 12.2. The van der Waals surface area contributed by atoms with E-state index in [9.17, 15) is 4.79 Å². The van der Waals surface area contributed by atoms with Crippen LogP contribution in [0, 0.1) is 5.41 Å². The van der Waals surface area contributed by atoms with Gasteiger partial charge < -0.3 is 11.1 Å². The van der Waals surface area contributed by atoms with Gasteiger partial charge >= 0.3 is 0 Å². The van der Waals surface area contributed by atoms with E-state index in [2.05, 4.69) is 36.9 Å². The van der Waals surface area contributed by atoms with Crippen LogP contribution in [0.3, 0.4) is 0 Å². The molecule has 1 fully saturated rings. The van der Waals surface area contributed by atoms with Crippen molar-refractivity contribution >= 4 is 5.91 Å². The van der Waals surface area contributed by atoms with Crippen molar-refractivity contribution in [3.8, 4) is 0 Å². The molecule has 5 N–H and O–H groups in total. The highest BCUT2D eigenvalue weighted by Gasteiger charge is 2.35. The Labute approximate surface area is 126 Å². The van der Waals surface area contributed by atoms with Crippen LogP contribution in [0.25, 0.3) is 0 Å². The minimum atomic E-state index is -0.197. The van der Waals surface area contributed by atoms with E-state index < -0.39 is 0 Å². The Balaban J connectivity index is 1.81. The quantitative estimate of drug-likeness (QED) is 0.669. The zero-order valence-corrected chi connectivity index (χ0v) is 13.0. The van der Waals surface area contributed by atoms with E-state index in [-0.39, 0.29) is 29.4 Å². The van der Waals surface area contributed by atoms with Gasteiger partial charge in [-0.1, -0.05) is 51.1 Å². The predicted molar refractivity (Wildman–Crippen MR) is 84.3 cm³/mol. The Hall–Kier alpha value is -1.43. The van der Waals surface area contributed by atoms with E-state index in [1.54, 1.807) is 0 Å². The van der Waals surface area contributed by atoms with Gasteiger partial charge in [-0.2, -0.15) is 0 Å². The molecule has 0 bridgehead atoms. The summed E-state index contributed by atoms with van der Waals surface area (Å²) in [4.78, 5) is 12.2. The highest BCUT2D eigenvalue weighted by Crippen LogP contribution is 2.25. The fourth-order valence-corrected chi connectivity index (χ4v) is 2.45. The fraction of sp³-hybridized carbons (Fsp3) is 0.562. The predicted octanol–water partition coefficient (Wildman–Crippen LogP) is 1.08. The monoisotopic (exact) mass is 290 g/mol. The normalized spacial score (nSPS) is 23.8. The van der Waals surface area contributed by atoms with Crippen molar-refractivity contribution < 1.29 is 4.79 Å². The number of hydrogen-bond donors (Lipinski definition) is 4. The molecule has 116 valence electrons. The van der Waals surface area contributed by atoms with E-state index in [4.69, 9.17) is 5.73 Å². The van der Waals surface area contributed by atoms with Crippen LogP contribution in [0.5, 0.6) is 0 Å². The van der Waals surface area contributed by atoms with Gasteiger partial charge in [0, 0.05) is 18.6 Å². The second kappa shape index (κ2) is 6.56. The van der Waals surface area contributed by atoms with Crippen LogP contribution in [0.2, 0.25) is 0 Å². The number of hydrazine groups is 1. The number of amides is 1. The average Bonchev–Trinajstić information content (AvgIpc) is 2.95. The molecule has 1 heterocycles. The highest BCUT2D eigenvalue weighted by molar-refractivity contribution is 5.82. The fourth-order valence-electron chi connectivity index (χ4n) is 2.45. The first-order chi connectivity index (χ1) is 9.88. The lowest BCUT2D eigenvalue weighted by Crippen LogP contribution is -2.45. The summed E-state index contributed by atoms with van der Waals surface area (Å²) < 4.78 is 0. The SMILES string of the molecule is CC(C)(C)C1CC(C(=O)NCC(N)c2ccccc2)NN1. The van der Waals surface area contributed by atoms with E-state index in [1.807, 2.05) is 30.3 Å². The van der Waals surface area contributed by atoms with E-state index in [1.165, 1.54) is 0 Å². The second-order valence-electron chi connectivity index (χ2n) is 6.76. The summed E-state index contributed by atoms with van der Waals surface area (Å²) in [6, 6.07) is 9.72. The molecule has 1 aliphatic heterocycles. The standard InChI is InChI=1S/C16H26N4O/c1-16(2,3)14-9-13(19-20-14)15(21)18-10-12(17)11-7-5-4-6-8-11/h4-8,12-14,19-20H,9-10,17H2,1-3H3,(H,18,21). The number of benzene rings is 1. The Morgan fingerprint density at radius 1 is 1.33 bits per heavy atom. The maximum absolute atomic E-state index is 12.2. The largest absolute Gasteiger partial charge is 0.353 e. The number of rotatable bonds is 4. The molecule has 0 aromatic heterocycles. The molecule has 1 aliphatic rings. The molecule has 0 radical (unpaired) electrons. The van der Waals surface area contributed by atoms with E-state index >= 15 is 0 Å². The Morgan fingerprint density at radius 2 is 2.00 bits per heavy atom. The van der Waals surface area contributed by atoms with Gasteiger partial charge in [-0.25, -0.2) is 5.43 Å². The summed E-state index contributed by atoms with van der Waals surface area (Å²) in [5.41, 5.74) is 13.5. The van der Waals surface area contributed by atoms with Crippen molar-refractivity contribution in [3.63, 3.8) is 0 Å². The van der Waals surface area contributed by atoms with Gasteiger partial charge in [-0.3, -0.25) is 10.2 Å². The first kappa shape index (κ1) is 15.9. The minimum absolute atomic E-state index is 0.000584. The van der Waals surface area contributed by atoms with Crippen LogP contribution in [-0.4, -0.2) is 24.5 Å². The van der Waals surface area contributed by atoms with Crippen molar-refractivity contribution in [2.75, 3.05) is 6.54 Å². The summed E-state index contributed by atoms with van der Waals surface area (Å²) in [7, 11) is 0. The Kier molecular flexibility index (Phi) is 4.98. The first-order valence-corrected chi connectivity index (χ1v) is 7.47. The van der Waals surface area contributed by atoms with Gasteiger partial charge in [0.1, 0.15) is 6.04 Å². The van der Waals surface area contributed by atoms with Gasteiger partial charge in [0.2, 0.25) is 5.91 Å². The third-order valence-corrected chi connectivity index (χ3v) is 3.99. The Bertz CT molecular complexity index is 469. The van der Waals surface area contributed by atoms with Crippen LogP contribution in [0.4, 0.5) is 0 Å². The number of nitrogens with two attached hydrogens (primary N) is 1. The molecule has 21 heavy (non-hydrogen) atoms. The minimum Gasteiger partial charge on any atom is -0.353 e. The molecule has 0 spiro atoms. The zero-order chi connectivity index (χ0) is 15.5. The van der Waals surface area contributed by atoms with Gasteiger partial charge in [0.15, 0.2) is 0 Å². The number of hydrogen-bond acceptors (Lipinski definition) is 4. The lowest BCUT2D eigenvalue weighted by Gasteiger charge is -2.25. The van der Waals surface area contributed by atoms with Gasteiger partial charge in [0.05, 0.1) is 0 Å². The molecule has 5 heteroatoms. The molecule has 1 aromatic rings. The highest BCUT2D eigenvalue weighted by atomic mass is 16.2. The van der Waals surface area contributed by atoms with Crippen LogP contribution < -0.4 is 21.9 Å².